The van der Waals surface area contributed by atoms with Crippen molar-refractivity contribution >= 4 is 0 Å². The zero-order valence-corrected chi connectivity index (χ0v) is 6.46. The highest BCUT2D eigenvalue weighted by Crippen LogP contribution is 1.81. The minimum atomic E-state index is 0.240. The van der Waals surface area contributed by atoms with E-state index in [1.54, 1.807) is 0 Å². The summed E-state index contributed by atoms with van der Waals surface area (Å²) in [6.07, 6.45) is 0. The van der Waals surface area contributed by atoms with Crippen LogP contribution in [-0.2, 0) is 0 Å². The lowest BCUT2D eigenvalue weighted by Crippen LogP contribution is -2.32. The van der Waals surface area contributed by atoms with Gasteiger partial charge >= 0.3 is 0 Å². The summed E-state index contributed by atoms with van der Waals surface area (Å²) < 4.78 is 0. The Balaban J connectivity index is 3.15. The Morgan fingerprint density at radius 3 is 2.11 bits per heavy atom. The second-order valence-corrected chi connectivity index (χ2v) is 2.52. The number of rotatable bonds is 4. The third kappa shape index (κ3) is 5.76. The number of likely N-dealkylation sites (N-methyl/N-ethyl adjacent to an activating group) is 1. The Hall–Kier alpha value is -0.120. The van der Waals surface area contributed by atoms with Gasteiger partial charge in [-0.25, -0.2) is 0 Å². The van der Waals surface area contributed by atoms with Crippen molar-refractivity contribution in [3.63, 3.8) is 0 Å². The predicted octanol–water partition coefficient (Wildman–Crippen LogP) is -0.570. The number of nitrogens with zero attached hydrogens (tertiary/aromatic N) is 2. The molecule has 56 valence electrons. The minimum absolute atomic E-state index is 0.240. The molecule has 0 aliphatic heterocycles. The second kappa shape index (κ2) is 4.73. The van der Waals surface area contributed by atoms with Crippen LogP contribution in [0, 0.1) is 0 Å². The summed E-state index contributed by atoms with van der Waals surface area (Å²) in [5.74, 6) is 0. The van der Waals surface area contributed by atoms with E-state index in [4.69, 9.17) is 5.11 Å². The van der Waals surface area contributed by atoms with Crippen LogP contribution in [-0.4, -0.2) is 55.9 Å². The lowest BCUT2D eigenvalue weighted by molar-refractivity contribution is 0.168. The number of hydrogen-bond acceptors (Lipinski definition) is 3. The van der Waals surface area contributed by atoms with Gasteiger partial charge in [-0.15, -0.1) is 0 Å². The molecule has 0 saturated carbocycles. The third-order valence-electron chi connectivity index (χ3n) is 1.01. The van der Waals surface area contributed by atoms with Crippen molar-refractivity contribution in [2.45, 2.75) is 0 Å². The van der Waals surface area contributed by atoms with E-state index in [0.717, 1.165) is 13.2 Å². The van der Waals surface area contributed by atoms with Crippen molar-refractivity contribution in [1.82, 2.24) is 9.80 Å². The molecule has 0 radical (unpaired) electrons. The first-order chi connectivity index (χ1) is 4.16. The monoisotopic (exact) mass is 132 g/mol. The summed E-state index contributed by atoms with van der Waals surface area (Å²) in [5.41, 5.74) is 0. The van der Waals surface area contributed by atoms with Gasteiger partial charge in [-0.3, -0.25) is 9.80 Å². The Labute approximate surface area is 56.9 Å². The zero-order chi connectivity index (χ0) is 7.28. The van der Waals surface area contributed by atoms with Crippen LogP contribution in [0.4, 0.5) is 0 Å². The molecule has 0 spiro atoms. The van der Waals surface area contributed by atoms with Gasteiger partial charge in [0.15, 0.2) is 0 Å². The zero-order valence-electron chi connectivity index (χ0n) is 6.46. The lowest BCUT2D eigenvalue weighted by atomic mass is 10.6. The normalized spacial score (nSPS) is 11.3. The lowest BCUT2D eigenvalue weighted by Gasteiger charge is -2.19. The molecule has 0 aromatic heterocycles. The molecule has 0 aromatic rings. The summed E-state index contributed by atoms with van der Waals surface area (Å²) in [5, 5.41) is 8.49. The van der Waals surface area contributed by atoms with E-state index in [2.05, 4.69) is 9.80 Å². The molecule has 0 saturated heterocycles. The molecule has 0 aromatic carbocycles. The molecule has 1 N–H and O–H groups in total. The van der Waals surface area contributed by atoms with Gasteiger partial charge in [-0.05, 0) is 21.1 Å². The second-order valence-electron chi connectivity index (χ2n) is 2.52. The molecule has 9 heavy (non-hydrogen) atoms. The van der Waals surface area contributed by atoms with Gasteiger partial charge in [0.05, 0.1) is 6.61 Å². The molecule has 3 heteroatoms. The fourth-order valence-corrected chi connectivity index (χ4v) is 0.724. The average molecular weight is 132 g/mol. The maximum atomic E-state index is 8.49. The Morgan fingerprint density at radius 2 is 1.78 bits per heavy atom. The molecular weight excluding hydrogens is 116 g/mol. The maximum absolute atomic E-state index is 8.49. The maximum Gasteiger partial charge on any atom is 0.0558 e. The van der Waals surface area contributed by atoms with Crippen LogP contribution in [0.5, 0.6) is 0 Å². The number of aliphatic hydroxyl groups is 1. The Bertz CT molecular complexity index is 66.1. The van der Waals surface area contributed by atoms with Crippen LogP contribution in [0.25, 0.3) is 0 Å². The van der Waals surface area contributed by atoms with Crippen molar-refractivity contribution in [1.29, 1.82) is 0 Å². The predicted molar refractivity (Wildman–Crippen MR) is 38.3 cm³/mol. The van der Waals surface area contributed by atoms with Gasteiger partial charge in [0, 0.05) is 13.2 Å². The van der Waals surface area contributed by atoms with Crippen molar-refractivity contribution in [2.24, 2.45) is 0 Å². The number of aliphatic hydroxyl groups excluding tert-OH is 1. The minimum Gasteiger partial charge on any atom is -0.395 e. The summed E-state index contributed by atoms with van der Waals surface area (Å²) in [4.78, 5) is 4.12. The highest BCUT2D eigenvalue weighted by molar-refractivity contribution is 4.45. The van der Waals surface area contributed by atoms with E-state index in [0.29, 0.717) is 0 Å². The van der Waals surface area contributed by atoms with E-state index in [-0.39, 0.29) is 6.61 Å². The Morgan fingerprint density at radius 1 is 1.22 bits per heavy atom. The molecular formula is C6H16N2O. The van der Waals surface area contributed by atoms with Crippen LogP contribution in [0.3, 0.4) is 0 Å². The van der Waals surface area contributed by atoms with E-state index in [1.165, 1.54) is 0 Å². The molecule has 3 nitrogen and oxygen atoms in total. The molecule has 0 atom stereocenters. The van der Waals surface area contributed by atoms with Gasteiger partial charge in [0.1, 0.15) is 0 Å². The highest BCUT2D eigenvalue weighted by Gasteiger charge is 1.95. The molecule has 0 heterocycles. The Kier molecular flexibility index (Phi) is 4.67. The summed E-state index contributed by atoms with van der Waals surface area (Å²) in [7, 11) is 6.00. The molecule has 0 bridgehead atoms. The highest BCUT2D eigenvalue weighted by atomic mass is 16.3. The van der Waals surface area contributed by atoms with Crippen molar-refractivity contribution < 1.29 is 5.11 Å². The molecule has 0 aliphatic rings. The first-order valence-corrected chi connectivity index (χ1v) is 3.11. The average Bonchev–Trinajstić information content (AvgIpc) is 1.63. The van der Waals surface area contributed by atoms with Crippen LogP contribution in [0.1, 0.15) is 0 Å². The van der Waals surface area contributed by atoms with Crippen LogP contribution in [0.15, 0.2) is 0 Å². The van der Waals surface area contributed by atoms with Crippen LogP contribution in [0.2, 0.25) is 0 Å². The van der Waals surface area contributed by atoms with Crippen molar-refractivity contribution in [3.8, 4) is 0 Å². The molecule has 0 unspecified atom stereocenters. The summed E-state index contributed by atoms with van der Waals surface area (Å²) in [6, 6.07) is 0. The van der Waals surface area contributed by atoms with Gasteiger partial charge in [0.25, 0.3) is 0 Å². The van der Waals surface area contributed by atoms with Gasteiger partial charge < -0.3 is 5.11 Å². The fourth-order valence-electron chi connectivity index (χ4n) is 0.724. The fraction of sp³-hybridized carbons (Fsp3) is 1.00. The molecule has 0 fully saturated rings. The van der Waals surface area contributed by atoms with Gasteiger partial charge in [0.2, 0.25) is 0 Å². The quantitative estimate of drug-likeness (QED) is 0.519. The number of hydrogen-bond donors (Lipinski definition) is 1. The molecule has 0 rings (SSSR count). The SMILES string of the molecule is CN(C)CN(C)CCO. The first kappa shape index (κ1) is 8.88. The van der Waals surface area contributed by atoms with Gasteiger partial charge in [-0.2, -0.15) is 0 Å². The van der Waals surface area contributed by atoms with E-state index in [1.807, 2.05) is 21.1 Å². The topological polar surface area (TPSA) is 26.7 Å². The summed E-state index contributed by atoms with van der Waals surface area (Å²) in [6.45, 7) is 1.89. The van der Waals surface area contributed by atoms with Crippen LogP contribution < -0.4 is 0 Å². The third-order valence-corrected chi connectivity index (χ3v) is 1.01. The summed E-state index contributed by atoms with van der Waals surface area (Å²) >= 11 is 0. The molecule has 0 aliphatic carbocycles. The van der Waals surface area contributed by atoms with Gasteiger partial charge in [-0.1, -0.05) is 0 Å². The largest absolute Gasteiger partial charge is 0.395 e. The van der Waals surface area contributed by atoms with E-state index >= 15 is 0 Å². The molecule has 0 amide bonds. The standard InChI is InChI=1S/C6H16N2O/c1-7(2)6-8(3)4-5-9/h9H,4-6H2,1-3H3. The van der Waals surface area contributed by atoms with E-state index in [9.17, 15) is 0 Å². The van der Waals surface area contributed by atoms with Crippen molar-refractivity contribution in [3.05, 3.63) is 0 Å². The van der Waals surface area contributed by atoms with E-state index < -0.39 is 0 Å². The van der Waals surface area contributed by atoms with Crippen LogP contribution >= 0.6 is 0 Å². The smallest absolute Gasteiger partial charge is 0.0558 e. The van der Waals surface area contributed by atoms with Crippen molar-refractivity contribution in [2.75, 3.05) is 41.0 Å². The first-order valence-electron chi connectivity index (χ1n) is 3.11.